The molecule has 136 valence electrons. The Morgan fingerprint density at radius 1 is 0.696 bits per heavy atom. The Kier molecular flexibility index (Phi) is 4.74. The third-order valence-electron chi connectivity index (χ3n) is 7.08. The topological polar surface area (TPSA) is 58.5 Å². The molecule has 0 saturated carbocycles. The van der Waals surface area contributed by atoms with E-state index in [4.69, 9.17) is 11.5 Å². The van der Waals surface area contributed by atoms with E-state index < -0.39 is 0 Å². The summed E-state index contributed by atoms with van der Waals surface area (Å²) in [5, 5.41) is 0. The Balaban J connectivity index is 2.36. The van der Waals surface area contributed by atoms with E-state index in [2.05, 4.69) is 65.2 Å². The molecular weight excluding hydrogens is 284 g/mol. The van der Waals surface area contributed by atoms with Crippen LogP contribution in [0, 0.1) is 0 Å². The Labute approximate surface area is 143 Å². The molecule has 2 aliphatic heterocycles. The highest BCUT2D eigenvalue weighted by atomic mass is 15.4. The quantitative estimate of drug-likeness (QED) is 0.820. The molecule has 0 aromatic heterocycles. The van der Waals surface area contributed by atoms with Crippen molar-refractivity contribution in [1.82, 2.24) is 9.80 Å². The van der Waals surface area contributed by atoms with Gasteiger partial charge in [-0.2, -0.15) is 0 Å². The lowest BCUT2D eigenvalue weighted by Crippen LogP contribution is -2.74. The largest absolute Gasteiger partial charge is 0.326 e. The molecule has 4 heteroatoms. The van der Waals surface area contributed by atoms with Crippen molar-refractivity contribution >= 4 is 0 Å². The molecule has 0 bridgehead atoms. The van der Waals surface area contributed by atoms with Crippen molar-refractivity contribution in [3.63, 3.8) is 0 Å². The fourth-order valence-electron chi connectivity index (χ4n) is 4.84. The van der Waals surface area contributed by atoms with Crippen LogP contribution in [0.25, 0.3) is 0 Å². The molecule has 2 heterocycles. The lowest BCUT2D eigenvalue weighted by molar-refractivity contribution is -0.138. The molecule has 23 heavy (non-hydrogen) atoms. The highest BCUT2D eigenvalue weighted by Crippen LogP contribution is 2.42. The molecule has 4 N–H and O–H groups in total. The standard InChI is InChI=1S/C19H40N4/c1-16(2)11-9-14(20)18(5,6)22(16)13-23-17(3,4)12-10-15(21)19(23,7)8/h14-15H,9-13,20-21H2,1-8H3. The minimum absolute atomic E-state index is 0.00451. The van der Waals surface area contributed by atoms with E-state index in [1.807, 2.05) is 0 Å². The number of rotatable bonds is 2. The van der Waals surface area contributed by atoms with Crippen LogP contribution in [-0.2, 0) is 0 Å². The van der Waals surface area contributed by atoms with Crippen LogP contribution < -0.4 is 11.5 Å². The summed E-state index contributed by atoms with van der Waals surface area (Å²) in [5.74, 6) is 0. The molecule has 2 saturated heterocycles. The van der Waals surface area contributed by atoms with Crippen LogP contribution in [0.2, 0.25) is 0 Å². The lowest BCUT2D eigenvalue weighted by Gasteiger charge is -2.62. The molecule has 0 aliphatic carbocycles. The Morgan fingerprint density at radius 3 is 1.30 bits per heavy atom. The van der Waals surface area contributed by atoms with Gasteiger partial charge in [0, 0.05) is 34.2 Å². The van der Waals surface area contributed by atoms with Crippen molar-refractivity contribution < 1.29 is 0 Å². The summed E-state index contributed by atoms with van der Waals surface area (Å²) < 4.78 is 0. The molecule has 2 aliphatic rings. The van der Waals surface area contributed by atoms with Gasteiger partial charge < -0.3 is 11.5 Å². The number of nitrogens with zero attached hydrogens (tertiary/aromatic N) is 2. The first-order valence-electron chi connectivity index (χ1n) is 9.29. The number of hydrogen-bond acceptors (Lipinski definition) is 4. The highest BCUT2D eigenvalue weighted by Gasteiger charge is 2.51. The van der Waals surface area contributed by atoms with Gasteiger partial charge in [0.05, 0.1) is 6.67 Å². The van der Waals surface area contributed by atoms with Gasteiger partial charge in [0.2, 0.25) is 0 Å². The summed E-state index contributed by atoms with van der Waals surface area (Å²) in [6, 6.07) is 0.445. The maximum atomic E-state index is 6.51. The van der Waals surface area contributed by atoms with Crippen LogP contribution in [0.1, 0.15) is 81.1 Å². The minimum Gasteiger partial charge on any atom is -0.326 e. The zero-order chi connectivity index (χ0) is 17.8. The molecule has 2 atom stereocenters. The highest BCUT2D eigenvalue weighted by molar-refractivity contribution is 5.08. The van der Waals surface area contributed by atoms with E-state index in [1.165, 1.54) is 0 Å². The van der Waals surface area contributed by atoms with E-state index >= 15 is 0 Å². The third-order valence-corrected chi connectivity index (χ3v) is 7.08. The second-order valence-corrected chi connectivity index (χ2v) is 10.2. The van der Waals surface area contributed by atoms with E-state index in [0.29, 0.717) is 0 Å². The molecule has 0 radical (unpaired) electrons. The smallest absolute Gasteiger partial charge is 0.0527 e. The number of hydrogen-bond donors (Lipinski definition) is 2. The molecule has 2 rings (SSSR count). The monoisotopic (exact) mass is 324 g/mol. The van der Waals surface area contributed by atoms with Crippen LogP contribution in [0.4, 0.5) is 0 Å². The molecule has 0 aromatic carbocycles. The zero-order valence-electron chi connectivity index (χ0n) is 16.7. The van der Waals surface area contributed by atoms with Crippen LogP contribution >= 0.6 is 0 Å². The van der Waals surface area contributed by atoms with Crippen molar-refractivity contribution in [3.8, 4) is 0 Å². The van der Waals surface area contributed by atoms with Crippen LogP contribution in [0.3, 0.4) is 0 Å². The fraction of sp³-hybridized carbons (Fsp3) is 1.00. The van der Waals surface area contributed by atoms with Gasteiger partial charge in [0.15, 0.2) is 0 Å². The molecule has 4 nitrogen and oxygen atoms in total. The fourth-order valence-corrected chi connectivity index (χ4v) is 4.84. The average Bonchev–Trinajstić information content (AvgIpc) is 2.38. The summed E-state index contributed by atoms with van der Waals surface area (Å²) in [6.45, 7) is 19.6. The summed E-state index contributed by atoms with van der Waals surface area (Å²) in [6.07, 6.45) is 4.50. The van der Waals surface area contributed by atoms with E-state index in [0.717, 1.165) is 32.4 Å². The average molecular weight is 325 g/mol. The van der Waals surface area contributed by atoms with Gasteiger partial charge in [-0.3, -0.25) is 9.80 Å². The molecule has 0 aromatic rings. The Hall–Kier alpha value is -0.160. The van der Waals surface area contributed by atoms with Gasteiger partial charge in [0.1, 0.15) is 0 Å². The van der Waals surface area contributed by atoms with Gasteiger partial charge in [-0.15, -0.1) is 0 Å². The SMILES string of the molecule is CC1(C)CCC(N)C(C)(C)N1CN1C(C)(C)CCC(N)C1(C)C. The molecular formula is C19H40N4. The Morgan fingerprint density at radius 2 is 1.00 bits per heavy atom. The molecule has 2 fully saturated rings. The van der Waals surface area contributed by atoms with Crippen LogP contribution in [-0.4, -0.2) is 50.7 Å². The van der Waals surface area contributed by atoms with E-state index in [1.54, 1.807) is 0 Å². The second kappa shape index (κ2) is 5.69. The summed E-state index contributed by atoms with van der Waals surface area (Å²) in [5.41, 5.74) is 13.3. The zero-order valence-corrected chi connectivity index (χ0v) is 16.7. The number of nitrogens with two attached hydrogens (primary N) is 2. The molecule has 2 unspecified atom stereocenters. The summed E-state index contributed by atoms with van der Waals surface area (Å²) in [4.78, 5) is 5.27. The van der Waals surface area contributed by atoms with Crippen molar-refractivity contribution in [3.05, 3.63) is 0 Å². The minimum atomic E-state index is -0.00451. The summed E-state index contributed by atoms with van der Waals surface area (Å²) in [7, 11) is 0. The van der Waals surface area contributed by atoms with Gasteiger partial charge >= 0.3 is 0 Å². The predicted molar refractivity (Wildman–Crippen MR) is 99.3 cm³/mol. The lowest BCUT2D eigenvalue weighted by atomic mass is 9.74. The van der Waals surface area contributed by atoms with Crippen LogP contribution in [0.5, 0.6) is 0 Å². The summed E-state index contributed by atoms with van der Waals surface area (Å²) >= 11 is 0. The number of piperidine rings is 2. The van der Waals surface area contributed by atoms with Crippen molar-refractivity contribution in [1.29, 1.82) is 0 Å². The van der Waals surface area contributed by atoms with Gasteiger partial charge in [-0.25, -0.2) is 0 Å². The predicted octanol–water partition coefficient (Wildman–Crippen LogP) is 2.90. The van der Waals surface area contributed by atoms with Gasteiger partial charge in [0.25, 0.3) is 0 Å². The normalized spacial score (nSPS) is 36.8. The van der Waals surface area contributed by atoms with E-state index in [-0.39, 0.29) is 34.2 Å². The molecule has 0 amide bonds. The van der Waals surface area contributed by atoms with Crippen molar-refractivity contribution in [2.24, 2.45) is 11.5 Å². The number of likely N-dealkylation sites (tertiary alicyclic amines) is 2. The first kappa shape index (κ1) is 19.2. The maximum absolute atomic E-state index is 6.51. The third kappa shape index (κ3) is 3.20. The van der Waals surface area contributed by atoms with Crippen molar-refractivity contribution in [2.75, 3.05) is 6.67 Å². The van der Waals surface area contributed by atoms with Crippen molar-refractivity contribution in [2.45, 2.75) is 115 Å². The van der Waals surface area contributed by atoms with Gasteiger partial charge in [-0.1, -0.05) is 0 Å². The molecule has 0 spiro atoms. The first-order chi connectivity index (χ1) is 10.2. The first-order valence-corrected chi connectivity index (χ1v) is 9.29. The Bertz CT molecular complexity index is 399. The maximum Gasteiger partial charge on any atom is 0.0527 e. The van der Waals surface area contributed by atoms with E-state index in [9.17, 15) is 0 Å². The van der Waals surface area contributed by atoms with Crippen LogP contribution in [0.15, 0.2) is 0 Å². The second-order valence-electron chi connectivity index (χ2n) is 10.2. The van der Waals surface area contributed by atoms with Gasteiger partial charge in [-0.05, 0) is 81.1 Å².